The normalized spacial score (nSPS) is 15.6. The number of nitriles is 1. The zero-order chi connectivity index (χ0) is 13.9. The summed E-state index contributed by atoms with van der Waals surface area (Å²) in [5.41, 5.74) is 1.43. The number of hydrogen-bond donors (Lipinski definition) is 1. The van der Waals surface area contributed by atoms with E-state index in [0.717, 1.165) is 16.7 Å². The molecule has 1 aromatic carbocycles. The van der Waals surface area contributed by atoms with Crippen molar-refractivity contribution in [3.63, 3.8) is 0 Å². The van der Waals surface area contributed by atoms with Crippen molar-refractivity contribution >= 4 is 22.6 Å². The maximum absolute atomic E-state index is 11.4. The number of carbonyl (C=O) groups excluding carboxylic acids is 1. The lowest BCUT2D eigenvalue weighted by atomic mass is 10.1. The first kappa shape index (κ1) is 12.4. The fraction of sp³-hybridized carbons (Fsp3) is 0.267. The number of amides is 1. The number of hydrogen-bond acceptors (Lipinski definition) is 4. The Kier molecular flexibility index (Phi) is 3.21. The Bertz CT molecular complexity index is 705. The lowest BCUT2D eigenvalue weighted by Gasteiger charge is -2.21. The van der Waals surface area contributed by atoms with Crippen LogP contribution in [-0.2, 0) is 4.79 Å². The highest BCUT2D eigenvalue weighted by atomic mass is 16.1. The van der Waals surface area contributed by atoms with Crippen molar-refractivity contribution in [2.24, 2.45) is 0 Å². The van der Waals surface area contributed by atoms with Gasteiger partial charge in [-0.3, -0.25) is 4.79 Å². The number of carbonyl (C=O) groups is 1. The summed E-state index contributed by atoms with van der Waals surface area (Å²) in [6.45, 7) is 1.94. The molecule has 0 bridgehead atoms. The smallest absolute Gasteiger partial charge is 0.221 e. The maximum Gasteiger partial charge on any atom is 0.221 e. The van der Waals surface area contributed by atoms with Gasteiger partial charge in [0.05, 0.1) is 17.1 Å². The van der Waals surface area contributed by atoms with Gasteiger partial charge in [-0.05, 0) is 12.1 Å². The molecule has 5 nitrogen and oxygen atoms in total. The van der Waals surface area contributed by atoms with E-state index in [1.54, 1.807) is 6.07 Å². The second kappa shape index (κ2) is 5.17. The van der Waals surface area contributed by atoms with Crippen LogP contribution in [0.3, 0.4) is 0 Å². The second-order valence-electron chi connectivity index (χ2n) is 4.74. The van der Waals surface area contributed by atoms with Gasteiger partial charge < -0.3 is 10.2 Å². The van der Waals surface area contributed by atoms with Crippen LogP contribution in [0.15, 0.2) is 30.3 Å². The minimum absolute atomic E-state index is 0.0637. The van der Waals surface area contributed by atoms with Gasteiger partial charge in [-0.1, -0.05) is 18.2 Å². The molecule has 1 aliphatic rings. The molecule has 1 aromatic heterocycles. The standard InChI is InChI=1S/C15H14N4O/c16-10-11-9-14(18-13-4-2-1-3-12(11)13)19-7-5-15(20)17-6-8-19/h1-4,9H,5-8H2,(H,17,20). The molecule has 5 heteroatoms. The summed E-state index contributed by atoms with van der Waals surface area (Å²) in [6, 6.07) is 11.6. The van der Waals surface area contributed by atoms with Crippen molar-refractivity contribution in [3.8, 4) is 6.07 Å². The Morgan fingerprint density at radius 1 is 1.30 bits per heavy atom. The third-order valence-corrected chi connectivity index (χ3v) is 3.46. The highest BCUT2D eigenvalue weighted by Crippen LogP contribution is 2.22. The molecule has 0 unspecified atom stereocenters. The molecule has 20 heavy (non-hydrogen) atoms. The van der Waals surface area contributed by atoms with Crippen molar-refractivity contribution in [2.45, 2.75) is 6.42 Å². The van der Waals surface area contributed by atoms with Gasteiger partial charge in [0.25, 0.3) is 0 Å². The van der Waals surface area contributed by atoms with Crippen molar-refractivity contribution in [1.29, 1.82) is 5.26 Å². The van der Waals surface area contributed by atoms with E-state index in [0.29, 0.717) is 31.6 Å². The number of fused-ring (bicyclic) bond motifs is 1. The number of nitrogens with one attached hydrogen (secondary N) is 1. The molecule has 1 N–H and O–H groups in total. The van der Waals surface area contributed by atoms with Gasteiger partial charge in [-0.25, -0.2) is 4.98 Å². The average Bonchev–Trinajstić information content (AvgIpc) is 2.71. The predicted molar refractivity (Wildman–Crippen MR) is 76.3 cm³/mol. The van der Waals surface area contributed by atoms with Gasteiger partial charge in [-0.15, -0.1) is 0 Å². The number of benzene rings is 1. The number of nitrogens with zero attached hydrogens (tertiary/aromatic N) is 3. The topological polar surface area (TPSA) is 69.0 Å². The quantitative estimate of drug-likeness (QED) is 0.847. The van der Waals surface area contributed by atoms with E-state index in [1.807, 2.05) is 29.2 Å². The Morgan fingerprint density at radius 3 is 3.00 bits per heavy atom. The molecule has 1 aliphatic heterocycles. The third kappa shape index (κ3) is 2.28. The van der Waals surface area contributed by atoms with Crippen LogP contribution >= 0.6 is 0 Å². The van der Waals surface area contributed by atoms with Gasteiger partial charge in [0.15, 0.2) is 0 Å². The van der Waals surface area contributed by atoms with Crippen LogP contribution < -0.4 is 10.2 Å². The van der Waals surface area contributed by atoms with Crippen molar-refractivity contribution in [1.82, 2.24) is 10.3 Å². The Hall–Kier alpha value is -2.61. The zero-order valence-electron chi connectivity index (χ0n) is 11.0. The molecule has 0 radical (unpaired) electrons. The van der Waals surface area contributed by atoms with Gasteiger partial charge in [0.1, 0.15) is 5.82 Å². The van der Waals surface area contributed by atoms with Crippen molar-refractivity contribution in [2.75, 3.05) is 24.5 Å². The summed E-state index contributed by atoms with van der Waals surface area (Å²) in [7, 11) is 0. The number of anilines is 1. The predicted octanol–water partition coefficient (Wildman–Crippen LogP) is 1.43. The second-order valence-corrected chi connectivity index (χ2v) is 4.74. The molecule has 2 aromatic rings. The number of para-hydroxylation sites is 1. The van der Waals surface area contributed by atoms with Gasteiger partial charge in [0, 0.05) is 31.4 Å². The molecule has 1 amide bonds. The van der Waals surface area contributed by atoms with Crippen molar-refractivity contribution < 1.29 is 4.79 Å². The van der Waals surface area contributed by atoms with Crippen LogP contribution in [-0.4, -0.2) is 30.5 Å². The lowest BCUT2D eigenvalue weighted by Crippen LogP contribution is -2.29. The van der Waals surface area contributed by atoms with E-state index in [2.05, 4.69) is 16.4 Å². The fourth-order valence-corrected chi connectivity index (χ4v) is 2.41. The van der Waals surface area contributed by atoms with Gasteiger partial charge in [-0.2, -0.15) is 5.26 Å². The van der Waals surface area contributed by atoms with Gasteiger partial charge >= 0.3 is 0 Å². The molecule has 1 saturated heterocycles. The average molecular weight is 266 g/mol. The van der Waals surface area contributed by atoms with E-state index in [1.165, 1.54) is 0 Å². The molecular formula is C15H14N4O. The van der Waals surface area contributed by atoms with E-state index in [-0.39, 0.29) is 5.91 Å². The lowest BCUT2D eigenvalue weighted by molar-refractivity contribution is -0.120. The van der Waals surface area contributed by atoms with Crippen LogP contribution in [0.1, 0.15) is 12.0 Å². The fourth-order valence-electron chi connectivity index (χ4n) is 2.41. The SMILES string of the molecule is N#Cc1cc(N2CCNC(=O)CC2)nc2ccccc12. The monoisotopic (exact) mass is 266 g/mol. The molecule has 100 valence electrons. The summed E-state index contributed by atoms with van der Waals surface area (Å²) in [6.07, 6.45) is 0.455. The maximum atomic E-state index is 11.4. The molecule has 3 rings (SSSR count). The van der Waals surface area contributed by atoms with E-state index in [9.17, 15) is 10.1 Å². The first-order valence-electron chi connectivity index (χ1n) is 6.59. The molecule has 2 heterocycles. The Balaban J connectivity index is 2.03. The first-order valence-corrected chi connectivity index (χ1v) is 6.59. The Labute approximate surface area is 116 Å². The molecule has 1 fully saturated rings. The summed E-state index contributed by atoms with van der Waals surface area (Å²) in [5, 5.41) is 13.0. The number of aromatic nitrogens is 1. The minimum atomic E-state index is 0.0637. The minimum Gasteiger partial charge on any atom is -0.354 e. The number of rotatable bonds is 1. The van der Waals surface area contributed by atoms with Crippen molar-refractivity contribution in [3.05, 3.63) is 35.9 Å². The van der Waals surface area contributed by atoms with E-state index in [4.69, 9.17) is 0 Å². The van der Waals surface area contributed by atoms with Crippen LogP contribution in [0.5, 0.6) is 0 Å². The summed E-state index contributed by atoms with van der Waals surface area (Å²) >= 11 is 0. The molecule has 0 aliphatic carbocycles. The molecule has 0 saturated carbocycles. The van der Waals surface area contributed by atoms with E-state index >= 15 is 0 Å². The van der Waals surface area contributed by atoms with Crippen LogP contribution in [0.4, 0.5) is 5.82 Å². The zero-order valence-corrected chi connectivity index (χ0v) is 11.0. The summed E-state index contributed by atoms with van der Waals surface area (Å²) in [4.78, 5) is 18.0. The first-order chi connectivity index (χ1) is 9.78. The Morgan fingerprint density at radius 2 is 2.15 bits per heavy atom. The van der Waals surface area contributed by atoms with Crippen LogP contribution in [0, 0.1) is 11.3 Å². The van der Waals surface area contributed by atoms with Crippen LogP contribution in [0.2, 0.25) is 0 Å². The van der Waals surface area contributed by atoms with Gasteiger partial charge in [0.2, 0.25) is 5.91 Å². The highest BCUT2D eigenvalue weighted by molar-refractivity contribution is 5.86. The molecule has 0 spiro atoms. The largest absolute Gasteiger partial charge is 0.354 e. The number of pyridine rings is 1. The van der Waals surface area contributed by atoms with Crippen LogP contribution in [0.25, 0.3) is 10.9 Å². The highest BCUT2D eigenvalue weighted by Gasteiger charge is 2.16. The summed E-state index contributed by atoms with van der Waals surface area (Å²) < 4.78 is 0. The van der Waals surface area contributed by atoms with E-state index < -0.39 is 0 Å². The summed E-state index contributed by atoms with van der Waals surface area (Å²) in [5.74, 6) is 0.825. The third-order valence-electron chi connectivity index (χ3n) is 3.46. The molecular weight excluding hydrogens is 252 g/mol. The molecule has 0 atom stereocenters.